The Morgan fingerprint density at radius 2 is 1.84 bits per heavy atom. The third kappa shape index (κ3) is 4.75. The molecule has 2 heterocycles. The van der Waals surface area contributed by atoms with Gasteiger partial charge in [0.15, 0.2) is 6.73 Å². The molecule has 1 unspecified atom stereocenters. The van der Waals surface area contributed by atoms with E-state index in [1.165, 1.54) is 11.0 Å². The Kier molecular flexibility index (Phi) is 6.70. The van der Waals surface area contributed by atoms with Gasteiger partial charge in [-0.1, -0.05) is 0 Å². The molecular formula is C23H31F3N2O4. The molecular weight excluding hydrogens is 425 g/mol. The monoisotopic (exact) mass is 456 g/mol. The number of carbonyl (C=O) groups is 1. The zero-order chi connectivity index (χ0) is 22.9. The van der Waals surface area contributed by atoms with Crippen LogP contribution in [-0.2, 0) is 22.3 Å². The van der Waals surface area contributed by atoms with Gasteiger partial charge in [0.25, 0.3) is 0 Å². The summed E-state index contributed by atoms with van der Waals surface area (Å²) in [5.41, 5.74) is -1.38. The zero-order valence-corrected chi connectivity index (χ0v) is 18.3. The molecule has 4 rings (SSSR count). The van der Waals surface area contributed by atoms with Crippen molar-refractivity contribution in [2.24, 2.45) is 5.41 Å². The molecule has 178 valence electrons. The average Bonchev–Trinajstić information content (AvgIpc) is 2.78. The number of nitrogens with zero attached hydrogens (tertiary/aromatic N) is 1. The Morgan fingerprint density at radius 1 is 1.19 bits per heavy atom. The van der Waals surface area contributed by atoms with E-state index in [-0.39, 0.29) is 25.2 Å². The van der Waals surface area contributed by atoms with E-state index in [0.717, 1.165) is 51.0 Å². The second-order valence-electron chi connectivity index (χ2n) is 9.26. The molecule has 1 amide bonds. The number of benzene rings is 1. The van der Waals surface area contributed by atoms with Crippen LogP contribution in [0.1, 0.15) is 56.6 Å². The summed E-state index contributed by atoms with van der Waals surface area (Å²) in [7, 11) is 0. The van der Waals surface area contributed by atoms with Gasteiger partial charge in [0.2, 0.25) is 5.91 Å². The minimum atomic E-state index is -4.46. The molecule has 2 N–H and O–H groups in total. The second-order valence-corrected chi connectivity index (χ2v) is 9.26. The van der Waals surface area contributed by atoms with Gasteiger partial charge in [-0.2, -0.15) is 13.2 Å². The van der Waals surface area contributed by atoms with Crippen LogP contribution in [0.15, 0.2) is 18.2 Å². The Labute approximate surface area is 186 Å². The molecule has 6 nitrogen and oxygen atoms in total. The van der Waals surface area contributed by atoms with Gasteiger partial charge in [0.05, 0.1) is 23.6 Å². The number of alkyl halides is 3. The highest BCUT2D eigenvalue weighted by Crippen LogP contribution is 2.43. The predicted molar refractivity (Wildman–Crippen MR) is 111 cm³/mol. The summed E-state index contributed by atoms with van der Waals surface area (Å²) < 4.78 is 50.3. The molecule has 1 aromatic rings. The van der Waals surface area contributed by atoms with Crippen LogP contribution in [0.3, 0.4) is 0 Å². The number of hydrogen-bond donors (Lipinski definition) is 2. The molecule has 32 heavy (non-hydrogen) atoms. The van der Waals surface area contributed by atoms with Crippen LogP contribution < -0.4 is 10.1 Å². The summed E-state index contributed by atoms with van der Waals surface area (Å²) in [6, 6.07) is 4.03. The summed E-state index contributed by atoms with van der Waals surface area (Å²) in [6.45, 7) is 3.15. The topological polar surface area (TPSA) is 71.0 Å². The van der Waals surface area contributed by atoms with E-state index in [1.807, 2.05) is 0 Å². The summed E-state index contributed by atoms with van der Waals surface area (Å²) in [6.07, 6.45) is -0.801. The fourth-order valence-electron chi connectivity index (χ4n) is 5.17. The second kappa shape index (κ2) is 9.19. The number of carbonyl (C=O) groups excluding carboxylic acids is 1. The highest BCUT2D eigenvalue weighted by atomic mass is 19.4. The van der Waals surface area contributed by atoms with Crippen LogP contribution in [0.4, 0.5) is 13.2 Å². The fourth-order valence-corrected chi connectivity index (χ4v) is 5.17. The first-order chi connectivity index (χ1) is 15.2. The van der Waals surface area contributed by atoms with Gasteiger partial charge >= 0.3 is 6.18 Å². The molecule has 2 fully saturated rings. The number of aliphatic hydroxyl groups is 1. The molecule has 1 aliphatic carbocycles. The first-order valence-electron chi connectivity index (χ1n) is 11.3. The van der Waals surface area contributed by atoms with Crippen molar-refractivity contribution in [2.45, 2.75) is 76.4 Å². The van der Waals surface area contributed by atoms with Crippen LogP contribution in [0.25, 0.3) is 0 Å². The zero-order valence-electron chi connectivity index (χ0n) is 18.3. The average molecular weight is 457 g/mol. The largest absolute Gasteiger partial charge is 0.473 e. The molecule has 1 aromatic carbocycles. The van der Waals surface area contributed by atoms with E-state index in [1.54, 1.807) is 6.92 Å². The lowest BCUT2D eigenvalue weighted by atomic mass is 9.68. The van der Waals surface area contributed by atoms with Crippen LogP contribution in [0.5, 0.6) is 5.75 Å². The van der Waals surface area contributed by atoms with Gasteiger partial charge in [-0.3, -0.25) is 4.79 Å². The van der Waals surface area contributed by atoms with E-state index in [9.17, 15) is 23.1 Å². The van der Waals surface area contributed by atoms with Crippen molar-refractivity contribution in [3.8, 4) is 5.75 Å². The van der Waals surface area contributed by atoms with Crippen molar-refractivity contribution in [3.63, 3.8) is 0 Å². The lowest BCUT2D eigenvalue weighted by Gasteiger charge is -2.45. The van der Waals surface area contributed by atoms with Gasteiger partial charge < -0.3 is 24.8 Å². The number of nitrogens with one attached hydrogen (secondary N) is 1. The van der Waals surface area contributed by atoms with Crippen LogP contribution in [-0.4, -0.2) is 54.0 Å². The number of fused-ring (bicyclic) bond motifs is 1. The van der Waals surface area contributed by atoms with Crippen molar-refractivity contribution in [1.29, 1.82) is 0 Å². The maximum atomic E-state index is 13.5. The van der Waals surface area contributed by atoms with Crippen LogP contribution in [0.2, 0.25) is 0 Å². The third-order valence-electron chi connectivity index (χ3n) is 7.21. The SMILES string of the molecule is CC(O)C1(C(=O)N2COc3ccc(C(F)(F)F)cc3C2)CCC(NC2CCOCC2)CC1. The molecule has 0 radical (unpaired) electrons. The summed E-state index contributed by atoms with van der Waals surface area (Å²) >= 11 is 0. The quantitative estimate of drug-likeness (QED) is 0.726. The number of hydrogen-bond acceptors (Lipinski definition) is 5. The molecule has 9 heteroatoms. The normalized spacial score (nSPS) is 28.0. The maximum Gasteiger partial charge on any atom is 0.416 e. The molecule has 1 atom stereocenters. The first-order valence-corrected chi connectivity index (χ1v) is 11.3. The van der Waals surface area contributed by atoms with E-state index >= 15 is 0 Å². The number of rotatable bonds is 4. The van der Waals surface area contributed by atoms with Gasteiger partial charge in [0.1, 0.15) is 5.75 Å². The Balaban J connectivity index is 1.44. The molecule has 0 aromatic heterocycles. The van der Waals surface area contributed by atoms with E-state index < -0.39 is 23.3 Å². The summed E-state index contributed by atoms with van der Waals surface area (Å²) in [5.74, 6) is 0.109. The smallest absolute Gasteiger partial charge is 0.416 e. The molecule has 0 bridgehead atoms. The minimum Gasteiger partial charge on any atom is -0.473 e. The van der Waals surface area contributed by atoms with Crippen molar-refractivity contribution >= 4 is 5.91 Å². The molecule has 1 saturated carbocycles. The number of halogens is 3. The van der Waals surface area contributed by atoms with Gasteiger partial charge in [0, 0.05) is 30.9 Å². The van der Waals surface area contributed by atoms with Crippen LogP contribution in [0, 0.1) is 5.41 Å². The fraction of sp³-hybridized carbons (Fsp3) is 0.696. The highest BCUT2D eigenvalue weighted by molar-refractivity contribution is 5.83. The summed E-state index contributed by atoms with van der Waals surface area (Å²) in [5, 5.41) is 14.3. The Bertz CT molecular complexity index is 816. The van der Waals surface area contributed by atoms with Crippen molar-refractivity contribution in [1.82, 2.24) is 10.2 Å². The van der Waals surface area contributed by atoms with Crippen LogP contribution >= 0.6 is 0 Å². The van der Waals surface area contributed by atoms with Gasteiger partial charge in [-0.15, -0.1) is 0 Å². The number of aliphatic hydroxyl groups excluding tert-OH is 1. The van der Waals surface area contributed by atoms with E-state index in [0.29, 0.717) is 30.2 Å². The van der Waals surface area contributed by atoms with Gasteiger partial charge in [-0.05, 0) is 63.6 Å². The predicted octanol–water partition coefficient (Wildman–Crippen LogP) is 3.46. The first kappa shape index (κ1) is 23.3. The molecule has 1 saturated heterocycles. The van der Waals surface area contributed by atoms with Crippen molar-refractivity contribution in [3.05, 3.63) is 29.3 Å². The van der Waals surface area contributed by atoms with E-state index in [4.69, 9.17) is 9.47 Å². The van der Waals surface area contributed by atoms with E-state index in [2.05, 4.69) is 5.32 Å². The lowest BCUT2D eigenvalue weighted by Crippen LogP contribution is -2.55. The molecule has 2 aliphatic heterocycles. The minimum absolute atomic E-state index is 0.0323. The highest BCUT2D eigenvalue weighted by Gasteiger charge is 2.48. The number of amides is 1. The lowest BCUT2D eigenvalue weighted by molar-refractivity contribution is -0.157. The Hall–Kier alpha value is -1.84. The maximum absolute atomic E-state index is 13.5. The summed E-state index contributed by atoms with van der Waals surface area (Å²) in [4.78, 5) is 15.0. The Morgan fingerprint density at radius 3 is 2.47 bits per heavy atom. The third-order valence-corrected chi connectivity index (χ3v) is 7.21. The van der Waals surface area contributed by atoms with Crippen molar-refractivity contribution < 1.29 is 32.5 Å². The molecule has 3 aliphatic rings. The van der Waals surface area contributed by atoms with Gasteiger partial charge in [-0.25, -0.2) is 0 Å². The number of ether oxygens (including phenoxy) is 2. The van der Waals surface area contributed by atoms with Crippen molar-refractivity contribution in [2.75, 3.05) is 19.9 Å². The standard InChI is InChI=1S/C23H31F3N2O4/c1-15(29)22(8-4-18(5-9-22)27-19-6-10-31-11-7-19)21(30)28-13-16-12-17(23(24,25)26)2-3-20(16)32-14-28/h2-3,12,15,18-19,27,29H,4-11,13-14H2,1H3. The molecule has 0 spiro atoms.